The highest BCUT2D eigenvalue weighted by molar-refractivity contribution is 6.33. The number of nitrogens with zero attached hydrogens (tertiary/aromatic N) is 1. The van der Waals surface area contributed by atoms with Crippen molar-refractivity contribution in [1.29, 1.82) is 0 Å². The third kappa shape index (κ3) is 5.83. The summed E-state index contributed by atoms with van der Waals surface area (Å²) in [6.07, 6.45) is 1.48. The lowest BCUT2D eigenvalue weighted by Gasteiger charge is -2.11. The second-order valence-corrected chi connectivity index (χ2v) is 6.79. The molecule has 1 amide bonds. The van der Waals surface area contributed by atoms with Crippen molar-refractivity contribution in [3.63, 3.8) is 0 Å². The number of carbonyl (C=O) groups excluding carboxylic acids is 1. The van der Waals surface area contributed by atoms with E-state index in [1.165, 1.54) is 25.5 Å². The monoisotopic (exact) mass is 438 g/mol. The number of methoxy groups -OCH3 is 1. The van der Waals surface area contributed by atoms with Crippen LogP contribution in [-0.4, -0.2) is 30.3 Å². The van der Waals surface area contributed by atoms with Gasteiger partial charge in [0.15, 0.2) is 11.5 Å². The van der Waals surface area contributed by atoms with Gasteiger partial charge in [-0.1, -0.05) is 35.9 Å². The van der Waals surface area contributed by atoms with E-state index in [4.69, 9.17) is 26.2 Å². The van der Waals surface area contributed by atoms with Crippen LogP contribution in [0.5, 0.6) is 11.5 Å². The van der Waals surface area contributed by atoms with Crippen molar-refractivity contribution in [1.82, 2.24) is 5.43 Å². The number of amides is 1. The second-order valence-electron chi connectivity index (χ2n) is 6.38. The average molecular weight is 439 g/mol. The summed E-state index contributed by atoms with van der Waals surface area (Å²) < 4.78 is 11.2. The standard InChI is InChI=1S/C23H19ClN2O5/c1-30-21-12-16(13-25-26-22(27)18-4-2-3-5-19(18)24)8-11-20(21)31-14-15-6-9-17(10-7-15)23(28)29/h2-13H,14H2,1H3,(H,26,27)(H,28,29)/b25-13+. The maximum absolute atomic E-state index is 12.1. The molecule has 0 spiro atoms. The molecule has 8 heteroatoms. The van der Waals surface area contributed by atoms with Crippen LogP contribution in [-0.2, 0) is 6.61 Å². The number of nitrogens with one attached hydrogen (secondary N) is 1. The van der Waals surface area contributed by atoms with Gasteiger partial charge in [0.05, 0.1) is 29.5 Å². The third-order valence-corrected chi connectivity index (χ3v) is 4.61. The highest BCUT2D eigenvalue weighted by Gasteiger charge is 2.09. The number of hydrazone groups is 1. The van der Waals surface area contributed by atoms with Crippen LogP contribution >= 0.6 is 11.6 Å². The van der Waals surface area contributed by atoms with Crippen molar-refractivity contribution in [3.8, 4) is 11.5 Å². The number of hydrogen-bond donors (Lipinski definition) is 2. The first-order chi connectivity index (χ1) is 15.0. The Kier molecular flexibility index (Phi) is 7.24. The Bertz CT molecular complexity index is 1110. The van der Waals surface area contributed by atoms with Crippen molar-refractivity contribution < 1.29 is 24.2 Å². The second kappa shape index (κ2) is 10.3. The maximum atomic E-state index is 12.1. The van der Waals surface area contributed by atoms with E-state index in [-0.39, 0.29) is 12.2 Å². The van der Waals surface area contributed by atoms with Crippen molar-refractivity contribution in [2.24, 2.45) is 5.10 Å². The molecule has 0 saturated carbocycles. The zero-order valence-corrected chi connectivity index (χ0v) is 17.3. The number of ether oxygens (including phenoxy) is 2. The molecule has 0 aliphatic heterocycles. The van der Waals surface area contributed by atoms with Crippen LogP contribution in [0.3, 0.4) is 0 Å². The Labute approximate surface area is 183 Å². The van der Waals surface area contributed by atoms with Crippen molar-refractivity contribution in [2.75, 3.05) is 7.11 Å². The van der Waals surface area contributed by atoms with Crippen LogP contribution in [0.2, 0.25) is 5.02 Å². The smallest absolute Gasteiger partial charge is 0.335 e. The molecule has 0 heterocycles. The number of benzene rings is 3. The minimum atomic E-state index is -0.977. The lowest BCUT2D eigenvalue weighted by Crippen LogP contribution is -2.17. The quantitative estimate of drug-likeness (QED) is 0.401. The number of aromatic carboxylic acids is 1. The number of carbonyl (C=O) groups is 2. The van der Waals surface area contributed by atoms with Crippen molar-refractivity contribution in [2.45, 2.75) is 6.61 Å². The topological polar surface area (TPSA) is 97.2 Å². The van der Waals surface area contributed by atoms with Gasteiger partial charge in [-0.25, -0.2) is 10.2 Å². The molecular formula is C23H19ClN2O5. The molecule has 0 aliphatic rings. The minimum absolute atomic E-state index is 0.214. The first kappa shape index (κ1) is 21.9. The summed E-state index contributed by atoms with van der Waals surface area (Å²) >= 11 is 6.00. The molecule has 0 atom stereocenters. The Hall–Kier alpha value is -3.84. The molecule has 0 radical (unpaired) electrons. The van der Waals surface area contributed by atoms with Gasteiger partial charge in [0.25, 0.3) is 5.91 Å². The molecular weight excluding hydrogens is 420 g/mol. The minimum Gasteiger partial charge on any atom is -0.493 e. The maximum Gasteiger partial charge on any atom is 0.335 e. The molecule has 3 rings (SSSR count). The van der Waals surface area contributed by atoms with Crippen LogP contribution in [0.15, 0.2) is 71.8 Å². The first-order valence-electron chi connectivity index (χ1n) is 9.19. The van der Waals surface area contributed by atoms with E-state index >= 15 is 0 Å². The number of rotatable bonds is 8. The Morgan fingerprint density at radius 1 is 1.06 bits per heavy atom. The predicted octanol–water partition coefficient (Wildman–Crippen LogP) is 4.39. The SMILES string of the molecule is COc1cc(/C=N/NC(=O)c2ccccc2Cl)ccc1OCc1ccc(C(=O)O)cc1. The van der Waals surface area contributed by atoms with Gasteiger partial charge >= 0.3 is 5.97 Å². The van der Waals surface area contributed by atoms with Crippen LogP contribution in [0.1, 0.15) is 31.8 Å². The van der Waals surface area contributed by atoms with E-state index in [1.807, 2.05) is 0 Å². The Morgan fingerprint density at radius 3 is 2.48 bits per heavy atom. The van der Waals surface area contributed by atoms with Crippen molar-refractivity contribution in [3.05, 3.63) is 94.0 Å². The third-order valence-electron chi connectivity index (χ3n) is 4.28. The van der Waals surface area contributed by atoms with Gasteiger partial charge in [-0.2, -0.15) is 5.10 Å². The van der Waals surface area contributed by atoms with Gasteiger partial charge in [0, 0.05) is 0 Å². The molecule has 0 bridgehead atoms. The summed E-state index contributed by atoms with van der Waals surface area (Å²) in [4.78, 5) is 23.0. The summed E-state index contributed by atoms with van der Waals surface area (Å²) in [5, 5.41) is 13.2. The molecule has 2 N–H and O–H groups in total. The average Bonchev–Trinajstić information content (AvgIpc) is 2.78. The van der Waals surface area contributed by atoms with Gasteiger partial charge in [-0.3, -0.25) is 4.79 Å². The zero-order valence-electron chi connectivity index (χ0n) is 16.5. The Morgan fingerprint density at radius 2 is 1.81 bits per heavy atom. The normalized spacial score (nSPS) is 10.6. The number of halogens is 1. The van der Waals surface area contributed by atoms with Crippen molar-refractivity contribution >= 4 is 29.7 Å². The fraction of sp³-hybridized carbons (Fsp3) is 0.0870. The first-order valence-corrected chi connectivity index (χ1v) is 9.56. The van der Waals surface area contributed by atoms with E-state index in [9.17, 15) is 9.59 Å². The van der Waals surface area contributed by atoms with Gasteiger partial charge in [-0.15, -0.1) is 0 Å². The van der Waals surface area contributed by atoms with Crippen LogP contribution in [0.4, 0.5) is 0 Å². The van der Waals surface area contributed by atoms with Crippen LogP contribution in [0, 0.1) is 0 Å². The van der Waals surface area contributed by atoms with Gasteiger partial charge in [-0.05, 0) is 53.6 Å². The van der Waals surface area contributed by atoms with E-state index in [0.29, 0.717) is 27.6 Å². The largest absolute Gasteiger partial charge is 0.493 e. The number of carboxylic acids is 1. The fourth-order valence-electron chi connectivity index (χ4n) is 2.66. The van der Waals surface area contributed by atoms with E-state index in [1.54, 1.807) is 54.6 Å². The molecule has 3 aromatic rings. The summed E-state index contributed by atoms with van der Waals surface area (Å²) in [6.45, 7) is 0.248. The molecule has 0 fully saturated rings. The summed E-state index contributed by atoms with van der Waals surface area (Å²) in [5.41, 5.74) is 4.49. The Balaban J connectivity index is 1.62. The molecule has 0 aromatic heterocycles. The number of hydrogen-bond acceptors (Lipinski definition) is 5. The summed E-state index contributed by atoms with van der Waals surface area (Å²) in [7, 11) is 1.52. The van der Waals surface area contributed by atoms with E-state index in [0.717, 1.165) is 5.56 Å². The highest BCUT2D eigenvalue weighted by Crippen LogP contribution is 2.28. The van der Waals surface area contributed by atoms with Crippen LogP contribution < -0.4 is 14.9 Å². The number of carboxylic acid groups (broad SMARTS) is 1. The van der Waals surface area contributed by atoms with E-state index in [2.05, 4.69) is 10.5 Å². The molecule has 3 aromatic carbocycles. The zero-order chi connectivity index (χ0) is 22.2. The molecule has 31 heavy (non-hydrogen) atoms. The summed E-state index contributed by atoms with van der Waals surface area (Å²) in [5.74, 6) is -0.386. The fourth-order valence-corrected chi connectivity index (χ4v) is 2.88. The lowest BCUT2D eigenvalue weighted by molar-refractivity contribution is 0.0696. The van der Waals surface area contributed by atoms with Gasteiger partial charge < -0.3 is 14.6 Å². The molecule has 0 aliphatic carbocycles. The molecule has 7 nitrogen and oxygen atoms in total. The van der Waals surface area contributed by atoms with Crippen LogP contribution in [0.25, 0.3) is 0 Å². The molecule has 0 saturated heterocycles. The lowest BCUT2D eigenvalue weighted by atomic mass is 10.1. The van der Waals surface area contributed by atoms with E-state index < -0.39 is 11.9 Å². The molecule has 0 unspecified atom stereocenters. The van der Waals surface area contributed by atoms with Gasteiger partial charge in [0.2, 0.25) is 0 Å². The predicted molar refractivity (Wildman–Crippen MR) is 117 cm³/mol. The highest BCUT2D eigenvalue weighted by atomic mass is 35.5. The van der Waals surface area contributed by atoms with Gasteiger partial charge in [0.1, 0.15) is 6.61 Å². The summed E-state index contributed by atoms with van der Waals surface area (Å²) in [6, 6.07) is 18.3. The molecule has 158 valence electrons.